The normalized spacial score (nSPS) is 11.9. The molecule has 2 N–H and O–H groups in total. The van der Waals surface area contributed by atoms with Crippen molar-refractivity contribution in [3.8, 4) is 0 Å². The van der Waals surface area contributed by atoms with Gasteiger partial charge in [-0.1, -0.05) is 41.9 Å². The maximum absolute atomic E-state index is 12.7. The summed E-state index contributed by atoms with van der Waals surface area (Å²) in [5.74, 6) is 0. The van der Waals surface area contributed by atoms with E-state index in [1.165, 1.54) is 0 Å². The number of anilines is 1. The van der Waals surface area contributed by atoms with Crippen molar-refractivity contribution >= 4 is 29.0 Å². The second kappa shape index (κ2) is 7.70. The molecule has 0 fully saturated rings. The van der Waals surface area contributed by atoms with E-state index in [4.69, 9.17) is 11.6 Å². The topological polar surface area (TPSA) is 71.3 Å². The lowest BCUT2D eigenvalue weighted by atomic mass is 9.99. The zero-order valence-electron chi connectivity index (χ0n) is 15.1. The van der Waals surface area contributed by atoms with Crippen LogP contribution in [0, 0.1) is 6.92 Å². The van der Waals surface area contributed by atoms with Crippen molar-refractivity contribution in [2.75, 3.05) is 5.32 Å². The highest BCUT2D eigenvalue weighted by molar-refractivity contribution is 6.31. The second-order valence-corrected chi connectivity index (χ2v) is 6.75. The Hall–Kier alpha value is -3.38. The summed E-state index contributed by atoms with van der Waals surface area (Å²) in [5.41, 5.74) is 3.88. The fourth-order valence-electron chi connectivity index (χ4n) is 3.17. The molecular formula is C21H18ClN5O. The third-order valence-electron chi connectivity index (χ3n) is 4.47. The third-order valence-corrected chi connectivity index (χ3v) is 4.80. The van der Waals surface area contributed by atoms with Gasteiger partial charge in [0.2, 0.25) is 0 Å². The van der Waals surface area contributed by atoms with Crippen LogP contribution in [0.15, 0.2) is 73.1 Å². The number of halogens is 1. The number of carbonyl (C=O) groups is 1. The van der Waals surface area contributed by atoms with E-state index in [-0.39, 0.29) is 6.03 Å². The van der Waals surface area contributed by atoms with Gasteiger partial charge in [0.25, 0.3) is 0 Å². The van der Waals surface area contributed by atoms with Crippen LogP contribution in [0.5, 0.6) is 0 Å². The molecule has 0 aliphatic rings. The molecule has 0 radical (unpaired) electrons. The zero-order valence-corrected chi connectivity index (χ0v) is 15.9. The van der Waals surface area contributed by atoms with Gasteiger partial charge < -0.3 is 10.6 Å². The van der Waals surface area contributed by atoms with Crippen LogP contribution in [0.1, 0.15) is 22.9 Å². The predicted molar refractivity (Wildman–Crippen MR) is 110 cm³/mol. The average molecular weight is 392 g/mol. The summed E-state index contributed by atoms with van der Waals surface area (Å²) in [6.07, 6.45) is 3.39. The van der Waals surface area contributed by atoms with Crippen LogP contribution in [0.25, 0.3) is 5.65 Å². The van der Waals surface area contributed by atoms with Gasteiger partial charge in [0.05, 0.1) is 11.9 Å². The molecule has 1 unspecified atom stereocenters. The first kappa shape index (κ1) is 18.0. The van der Waals surface area contributed by atoms with Gasteiger partial charge in [-0.25, -0.2) is 14.3 Å². The van der Waals surface area contributed by atoms with E-state index in [0.717, 1.165) is 16.8 Å². The van der Waals surface area contributed by atoms with E-state index >= 15 is 0 Å². The number of nitrogens with zero attached hydrogens (tertiary/aromatic N) is 3. The average Bonchev–Trinajstić information content (AvgIpc) is 3.12. The standard InChI is InChI=1S/C21H18ClN5O/c1-14-7-5-10-16(22)19(14)20(17-13-23-18-11-6-12-24-27(17)18)26-21(28)25-15-8-3-2-4-9-15/h2-13,20H,1H3,(H2,25,26,28). The minimum absolute atomic E-state index is 0.346. The van der Waals surface area contributed by atoms with E-state index in [2.05, 4.69) is 20.7 Å². The lowest BCUT2D eigenvalue weighted by Gasteiger charge is -2.22. The largest absolute Gasteiger partial charge is 0.325 e. The summed E-state index contributed by atoms with van der Waals surface area (Å²) < 4.78 is 1.70. The maximum atomic E-state index is 12.7. The molecule has 1 atom stereocenters. The van der Waals surface area contributed by atoms with E-state index in [0.29, 0.717) is 16.4 Å². The number of hydrogen-bond donors (Lipinski definition) is 2. The maximum Gasteiger partial charge on any atom is 0.320 e. The molecule has 4 aromatic rings. The van der Waals surface area contributed by atoms with E-state index in [9.17, 15) is 4.79 Å². The Bertz CT molecular complexity index is 1110. The lowest BCUT2D eigenvalue weighted by molar-refractivity contribution is 0.250. The van der Waals surface area contributed by atoms with Gasteiger partial charge in [-0.15, -0.1) is 0 Å². The summed E-state index contributed by atoms with van der Waals surface area (Å²) in [6, 6.07) is 17.7. The number of benzene rings is 2. The highest BCUT2D eigenvalue weighted by atomic mass is 35.5. The zero-order chi connectivity index (χ0) is 19.5. The van der Waals surface area contributed by atoms with Crippen molar-refractivity contribution in [3.05, 3.63) is 94.9 Å². The first-order valence-corrected chi connectivity index (χ1v) is 9.17. The molecule has 2 amide bonds. The van der Waals surface area contributed by atoms with Gasteiger partial charge in [-0.3, -0.25) is 0 Å². The number of nitrogens with one attached hydrogen (secondary N) is 2. The Kier molecular flexibility index (Phi) is 4.95. The fourth-order valence-corrected chi connectivity index (χ4v) is 3.50. The molecule has 6 nitrogen and oxygen atoms in total. The van der Waals surface area contributed by atoms with Crippen molar-refractivity contribution in [2.24, 2.45) is 0 Å². The Morgan fingerprint density at radius 2 is 1.89 bits per heavy atom. The minimum atomic E-state index is -0.526. The van der Waals surface area contributed by atoms with Gasteiger partial charge in [0.1, 0.15) is 6.04 Å². The van der Waals surface area contributed by atoms with Crippen LogP contribution in [0.2, 0.25) is 5.02 Å². The summed E-state index contributed by atoms with van der Waals surface area (Å²) in [7, 11) is 0. The molecule has 7 heteroatoms. The number of hydrogen-bond acceptors (Lipinski definition) is 3. The molecule has 0 aliphatic carbocycles. The van der Waals surface area contributed by atoms with Crippen molar-refractivity contribution in [3.63, 3.8) is 0 Å². The second-order valence-electron chi connectivity index (χ2n) is 6.34. The number of rotatable bonds is 4. The van der Waals surface area contributed by atoms with Gasteiger partial charge >= 0.3 is 6.03 Å². The molecule has 0 aliphatic heterocycles. The molecule has 0 saturated carbocycles. The van der Waals surface area contributed by atoms with E-state index in [1.54, 1.807) is 16.9 Å². The smallest absolute Gasteiger partial charge is 0.320 e. The van der Waals surface area contributed by atoms with Gasteiger partial charge in [0, 0.05) is 22.5 Å². The van der Waals surface area contributed by atoms with Gasteiger partial charge in [0.15, 0.2) is 5.65 Å². The van der Waals surface area contributed by atoms with Gasteiger partial charge in [-0.05, 0) is 42.8 Å². The highest BCUT2D eigenvalue weighted by Crippen LogP contribution is 2.31. The summed E-state index contributed by atoms with van der Waals surface area (Å²) in [4.78, 5) is 17.1. The van der Waals surface area contributed by atoms with Crippen molar-refractivity contribution in [1.82, 2.24) is 19.9 Å². The lowest BCUT2D eigenvalue weighted by Crippen LogP contribution is -2.34. The molecule has 2 heterocycles. The molecule has 0 bridgehead atoms. The first-order chi connectivity index (χ1) is 13.6. The highest BCUT2D eigenvalue weighted by Gasteiger charge is 2.25. The van der Waals surface area contributed by atoms with Crippen molar-refractivity contribution in [2.45, 2.75) is 13.0 Å². The van der Waals surface area contributed by atoms with Crippen LogP contribution in [-0.2, 0) is 0 Å². The van der Waals surface area contributed by atoms with Crippen LogP contribution in [0.4, 0.5) is 10.5 Å². The molecule has 2 aromatic heterocycles. The number of imidazole rings is 1. The molecule has 140 valence electrons. The Morgan fingerprint density at radius 3 is 2.68 bits per heavy atom. The number of amides is 2. The van der Waals surface area contributed by atoms with Crippen LogP contribution >= 0.6 is 11.6 Å². The van der Waals surface area contributed by atoms with Crippen molar-refractivity contribution < 1.29 is 4.79 Å². The van der Waals surface area contributed by atoms with Crippen LogP contribution in [0.3, 0.4) is 0 Å². The Balaban J connectivity index is 1.75. The van der Waals surface area contributed by atoms with Gasteiger partial charge in [-0.2, -0.15) is 5.10 Å². The molecular weight excluding hydrogens is 374 g/mol. The summed E-state index contributed by atoms with van der Waals surface area (Å²) in [6.45, 7) is 1.96. The molecule has 0 spiro atoms. The summed E-state index contributed by atoms with van der Waals surface area (Å²) in [5, 5.41) is 10.8. The fraction of sp³-hybridized carbons (Fsp3) is 0.0952. The first-order valence-electron chi connectivity index (χ1n) is 8.80. The predicted octanol–water partition coefficient (Wildman–Crippen LogP) is 4.60. The monoisotopic (exact) mass is 391 g/mol. The van der Waals surface area contributed by atoms with Crippen LogP contribution in [-0.4, -0.2) is 20.6 Å². The quantitative estimate of drug-likeness (QED) is 0.534. The number of urea groups is 1. The van der Waals surface area contributed by atoms with E-state index in [1.807, 2.05) is 67.6 Å². The Labute approximate surface area is 167 Å². The molecule has 4 rings (SSSR count). The summed E-state index contributed by atoms with van der Waals surface area (Å²) >= 11 is 6.51. The van der Waals surface area contributed by atoms with Crippen molar-refractivity contribution in [1.29, 1.82) is 0 Å². The number of fused-ring (bicyclic) bond motifs is 1. The minimum Gasteiger partial charge on any atom is -0.325 e. The number of carbonyl (C=O) groups excluding carboxylic acids is 1. The number of aryl methyl sites for hydroxylation is 1. The molecule has 0 saturated heterocycles. The van der Waals surface area contributed by atoms with E-state index < -0.39 is 6.04 Å². The molecule has 2 aromatic carbocycles. The van der Waals surface area contributed by atoms with Crippen LogP contribution < -0.4 is 10.6 Å². The number of aromatic nitrogens is 3. The SMILES string of the molecule is Cc1cccc(Cl)c1C(NC(=O)Nc1ccccc1)c1cnc2cccnn12. The third kappa shape index (κ3) is 3.54. The Morgan fingerprint density at radius 1 is 1.07 bits per heavy atom. The number of para-hydroxylation sites is 1. The molecule has 28 heavy (non-hydrogen) atoms.